The number of likely N-dealkylation sites (tertiary alicyclic amines) is 2. The molecule has 0 aromatic heterocycles. The number of nitrogens with zero attached hydrogens (tertiary/aromatic N) is 4. The van der Waals surface area contributed by atoms with Crippen LogP contribution in [-0.2, 0) is 16.0 Å². The van der Waals surface area contributed by atoms with Crippen molar-refractivity contribution in [3.8, 4) is 5.75 Å². The fourth-order valence-corrected chi connectivity index (χ4v) is 5.71. The molecule has 0 N–H and O–H groups in total. The van der Waals surface area contributed by atoms with Gasteiger partial charge >= 0.3 is 0 Å². The summed E-state index contributed by atoms with van der Waals surface area (Å²) >= 11 is 0. The molecule has 3 aliphatic heterocycles. The third-order valence-electron chi connectivity index (χ3n) is 8.20. The molecule has 0 radical (unpaired) electrons. The minimum atomic E-state index is 0.169. The zero-order valence-electron chi connectivity index (χ0n) is 21.5. The predicted octanol–water partition coefficient (Wildman–Crippen LogP) is 3.67. The number of piperidine rings is 1. The lowest BCUT2D eigenvalue weighted by Gasteiger charge is -2.38. The van der Waals surface area contributed by atoms with Gasteiger partial charge in [0, 0.05) is 39.2 Å². The average Bonchev–Trinajstić information content (AvgIpc) is 3.42. The van der Waals surface area contributed by atoms with Gasteiger partial charge in [0.1, 0.15) is 17.4 Å². The van der Waals surface area contributed by atoms with Gasteiger partial charge in [0.15, 0.2) is 0 Å². The molecule has 2 saturated heterocycles. The Morgan fingerprint density at radius 3 is 2.54 bits per heavy atom. The van der Waals surface area contributed by atoms with E-state index in [2.05, 4.69) is 23.7 Å². The number of rotatable bonds is 9. The first-order chi connectivity index (χ1) is 17.0. The van der Waals surface area contributed by atoms with Crippen LogP contribution in [0.1, 0.15) is 45.1 Å². The smallest absolute Gasteiger partial charge is 0.227 e. The van der Waals surface area contributed by atoms with Crippen molar-refractivity contribution in [1.29, 1.82) is 0 Å². The molecule has 35 heavy (non-hydrogen) atoms. The van der Waals surface area contributed by atoms with Gasteiger partial charge in [-0.05, 0) is 61.1 Å². The van der Waals surface area contributed by atoms with E-state index < -0.39 is 0 Å². The average molecular weight is 481 g/mol. The van der Waals surface area contributed by atoms with Crippen molar-refractivity contribution < 1.29 is 14.3 Å². The van der Waals surface area contributed by atoms with Gasteiger partial charge in [-0.3, -0.25) is 9.79 Å². The van der Waals surface area contributed by atoms with Gasteiger partial charge in [-0.15, -0.1) is 0 Å². The lowest BCUT2D eigenvalue weighted by molar-refractivity contribution is -0.142. The van der Waals surface area contributed by atoms with Crippen molar-refractivity contribution in [2.75, 3.05) is 46.4 Å². The number of ether oxygens (including phenoxy) is 2. The highest BCUT2D eigenvalue weighted by Gasteiger charge is 2.43. The summed E-state index contributed by atoms with van der Waals surface area (Å²) in [5, 5.41) is 0. The maximum absolute atomic E-state index is 12.3. The molecular formula is C28H40N4O3. The van der Waals surface area contributed by atoms with Gasteiger partial charge in [-0.25, -0.2) is 4.99 Å². The van der Waals surface area contributed by atoms with Crippen LogP contribution in [0.2, 0.25) is 0 Å². The van der Waals surface area contributed by atoms with Gasteiger partial charge in [-0.1, -0.05) is 26.0 Å². The Balaban J connectivity index is 0.973. The van der Waals surface area contributed by atoms with Crippen molar-refractivity contribution in [3.05, 3.63) is 29.8 Å². The summed E-state index contributed by atoms with van der Waals surface area (Å²) in [6, 6.07) is 8.02. The standard InChI is InChI=1S/C28H40N4O3/c1-19(2)28-29-16-26(30-28)31-11-8-21(9-12-31)25-15-22(25)10-13-35-23-6-4-20(5-7-23)14-27(33)32-17-24(18-32)34-3/h4-7,19,21-22,24-25H,8-18H2,1-3H3/t22-,25-/m1/s1. The summed E-state index contributed by atoms with van der Waals surface area (Å²) < 4.78 is 11.3. The Morgan fingerprint density at radius 2 is 1.89 bits per heavy atom. The van der Waals surface area contributed by atoms with E-state index in [0.717, 1.165) is 67.6 Å². The lowest BCUT2D eigenvalue weighted by Crippen LogP contribution is -2.54. The van der Waals surface area contributed by atoms with Gasteiger partial charge in [0.05, 0.1) is 25.7 Å². The number of hydrogen-bond donors (Lipinski definition) is 0. The van der Waals surface area contributed by atoms with Crippen molar-refractivity contribution >= 4 is 17.6 Å². The molecule has 1 saturated carbocycles. The maximum Gasteiger partial charge on any atom is 0.227 e. The Bertz CT molecular complexity index is 943. The minimum Gasteiger partial charge on any atom is -0.494 e. The monoisotopic (exact) mass is 480 g/mol. The predicted molar refractivity (Wildman–Crippen MR) is 138 cm³/mol. The Labute approximate surface area is 209 Å². The highest BCUT2D eigenvalue weighted by molar-refractivity contribution is 6.03. The summed E-state index contributed by atoms with van der Waals surface area (Å²) in [7, 11) is 1.70. The van der Waals surface area contributed by atoms with Crippen LogP contribution in [-0.4, -0.2) is 79.9 Å². The topological polar surface area (TPSA) is 66.7 Å². The quantitative estimate of drug-likeness (QED) is 0.541. The number of carbonyl (C=O) groups excluding carboxylic acids is 1. The summed E-state index contributed by atoms with van der Waals surface area (Å²) in [5.41, 5.74) is 1.03. The number of aliphatic imine (C=N–C) groups is 2. The van der Waals surface area contributed by atoms with Crippen molar-refractivity contribution in [2.45, 2.75) is 52.1 Å². The second kappa shape index (κ2) is 10.7. The Morgan fingerprint density at radius 1 is 1.14 bits per heavy atom. The zero-order valence-corrected chi connectivity index (χ0v) is 21.5. The van der Waals surface area contributed by atoms with E-state index in [1.165, 1.54) is 25.1 Å². The van der Waals surface area contributed by atoms with Gasteiger partial charge < -0.3 is 19.3 Å². The third kappa shape index (κ3) is 5.88. The van der Waals surface area contributed by atoms with E-state index >= 15 is 0 Å². The molecule has 3 heterocycles. The number of amides is 1. The first-order valence-electron chi connectivity index (χ1n) is 13.4. The van der Waals surface area contributed by atoms with Crippen LogP contribution in [0.15, 0.2) is 34.3 Å². The first-order valence-corrected chi connectivity index (χ1v) is 13.4. The normalized spacial score (nSPS) is 24.9. The molecule has 0 spiro atoms. The van der Waals surface area contributed by atoms with Crippen LogP contribution in [0.5, 0.6) is 5.75 Å². The van der Waals surface area contributed by atoms with Gasteiger partial charge in [-0.2, -0.15) is 0 Å². The second-order valence-corrected chi connectivity index (χ2v) is 11.0. The van der Waals surface area contributed by atoms with Crippen LogP contribution < -0.4 is 4.74 Å². The van der Waals surface area contributed by atoms with Crippen LogP contribution >= 0.6 is 0 Å². The fourth-order valence-electron chi connectivity index (χ4n) is 5.71. The zero-order chi connectivity index (χ0) is 24.4. The molecule has 1 amide bonds. The molecule has 2 atom stereocenters. The molecule has 190 valence electrons. The minimum absolute atomic E-state index is 0.169. The molecule has 4 aliphatic rings. The van der Waals surface area contributed by atoms with E-state index in [0.29, 0.717) is 25.4 Å². The Hall–Kier alpha value is -2.41. The Kier molecular flexibility index (Phi) is 7.42. The number of hydrogen-bond acceptors (Lipinski definition) is 6. The molecule has 0 bridgehead atoms. The molecule has 0 unspecified atom stereocenters. The second-order valence-electron chi connectivity index (χ2n) is 11.0. The summed E-state index contributed by atoms with van der Waals surface area (Å²) in [5.74, 6) is 6.23. The number of methoxy groups -OCH3 is 1. The van der Waals surface area contributed by atoms with Crippen molar-refractivity contribution in [1.82, 2.24) is 9.80 Å². The summed E-state index contributed by atoms with van der Waals surface area (Å²) in [4.78, 5) is 26.0. The maximum atomic E-state index is 12.3. The number of benzene rings is 1. The molecule has 1 aliphatic carbocycles. The van der Waals surface area contributed by atoms with Crippen LogP contribution in [0.3, 0.4) is 0 Å². The first kappa shape index (κ1) is 24.3. The lowest BCUT2D eigenvalue weighted by atomic mass is 9.90. The largest absolute Gasteiger partial charge is 0.494 e. The van der Waals surface area contributed by atoms with E-state index in [1.54, 1.807) is 7.11 Å². The van der Waals surface area contributed by atoms with Crippen LogP contribution in [0, 0.1) is 23.7 Å². The molecular weight excluding hydrogens is 440 g/mol. The van der Waals surface area contributed by atoms with Crippen molar-refractivity contribution in [3.63, 3.8) is 0 Å². The summed E-state index contributed by atoms with van der Waals surface area (Å²) in [6.07, 6.45) is 5.70. The molecule has 5 rings (SSSR count). The molecule has 1 aromatic carbocycles. The summed E-state index contributed by atoms with van der Waals surface area (Å²) in [6.45, 7) is 9.55. The van der Waals surface area contributed by atoms with Gasteiger partial charge in [0.2, 0.25) is 5.91 Å². The molecule has 7 heteroatoms. The van der Waals surface area contributed by atoms with E-state index in [-0.39, 0.29) is 12.0 Å². The number of carbonyl (C=O) groups is 1. The highest BCUT2D eigenvalue weighted by Crippen LogP contribution is 2.49. The molecule has 3 fully saturated rings. The van der Waals surface area contributed by atoms with E-state index in [4.69, 9.17) is 14.5 Å². The molecule has 7 nitrogen and oxygen atoms in total. The van der Waals surface area contributed by atoms with Gasteiger partial charge in [0.25, 0.3) is 0 Å². The van der Waals surface area contributed by atoms with Crippen molar-refractivity contribution in [2.24, 2.45) is 33.7 Å². The fraction of sp³-hybridized carbons (Fsp3) is 0.679. The SMILES string of the molecule is COC1CN(C(=O)Cc2ccc(OCC[C@@H]3C[C@@H]3C3CCN(C4=NC(C(C)C)=NC4)CC3)cc2)C1. The molecule has 1 aromatic rings. The van der Waals surface area contributed by atoms with E-state index in [9.17, 15) is 4.79 Å². The third-order valence-corrected chi connectivity index (χ3v) is 8.20. The van der Waals surface area contributed by atoms with Crippen LogP contribution in [0.4, 0.5) is 0 Å². The van der Waals surface area contributed by atoms with Crippen LogP contribution in [0.25, 0.3) is 0 Å². The number of amidine groups is 2. The van der Waals surface area contributed by atoms with E-state index in [1.807, 2.05) is 29.2 Å². The highest BCUT2D eigenvalue weighted by atomic mass is 16.5.